The molecule has 4 nitrogen and oxygen atoms in total. The van der Waals surface area contributed by atoms with Crippen LogP contribution in [0.15, 0.2) is 12.3 Å². The van der Waals surface area contributed by atoms with Gasteiger partial charge in [0.05, 0.1) is 12.3 Å². The fourth-order valence-corrected chi connectivity index (χ4v) is 2.22. The molecule has 0 amide bonds. The van der Waals surface area contributed by atoms with Crippen LogP contribution in [-0.4, -0.2) is 36.1 Å². The minimum Gasteiger partial charge on any atom is -0.381 e. The van der Waals surface area contributed by atoms with Crippen LogP contribution in [0.5, 0.6) is 0 Å². The van der Waals surface area contributed by atoms with Gasteiger partial charge in [0.2, 0.25) is 0 Å². The van der Waals surface area contributed by atoms with E-state index >= 15 is 0 Å². The molecule has 1 aromatic rings. The number of ether oxygens (including phenoxy) is 1. The van der Waals surface area contributed by atoms with Crippen molar-refractivity contribution in [3.63, 3.8) is 0 Å². The van der Waals surface area contributed by atoms with Crippen molar-refractivity contribution in [1.29, 1.82) is 0 Å². The molecule has 1 saturated heterocycles. The molecule has 2 heterocycles. The van der Waals surface area contributed by atoms with Gasteiger partial charge in [0, 0.05) is 31.8 Å². The average Bonchev–Trinajstić information content (AvgIpc) is 2.65. The average molecular weight is 209 g/mol. The zero-order valence-electron chi connectivity index (χ0n) is 9.44. The van der Waals surface area contributed by atoms with E-state index < -0.39 is 0 Å². The van der Waals surface area contributed by atoms with E-state index in [1.165, 1.54) is 0 Å². The first-order valence-electron chi connectivity index (χ1n) is 5.53. The third-order valence-corrected chi connectivity index (χ3v) is 3.09. The van der Waals surface area contributed by atoms with Crippen LogP contribution in [-0.2, 0) is 18.2 Å². The Morgan fingerprint density at radius 1 is 1.67 bits per heavy atom. The lowest BCUT2D eigenvalue weighted by molar-refractivity contribution is 0.0338. The van der Waals surface area contributed by atoms with Gasteiger partial charge in [0.25, 0.3) is 0 Å². The molecule has 2 atom stereocenters. The molecule has 0 aromatic carbocycles. The zero-order chi connectivity index (χ0) is 10.7. The van der Waals surface area contributed by atoms with Crippen molar-refractivity contribution in [2.45, 2.75) is 18.9 Å². The highest BCUT2D eigenvalue weighted by molar-refractivity contribution is 5.01. The lowest BCUT2D eigenvalue weighted by Crippen LogP contribution is -2.42. The summed E-state index contributed by atoms with van der Waals surface area (Å²) >= 11 is 0. The van der Waals surface area contributed by atoms with Crippen molar-refractivity contribution in [2.24, 2.45) is 13.0 Å². The molecule has 0 bridgehead atoms. The molecule has 84 valence electrons. The van der Waals surface area contributed by atoms with Crippen LogP contribution in [0, 0.1) is 5.92 Å². The number of hydrogen-bond donors (Lipinski definition) is 1. The van der Waals surface area contributed by atoms with Crippen LogP contribution >= 0.6 is 0 Å². The Hall–Kier alpha value is -0.870. The summed E-state index contributed by atoms with van der Waals surface area (Å²) in [6, 6.07) is 2.65. The van der Waals surface area contributed by atoms with Crippen LogP contribution in [0.3, 0.4) is 0 Å². The molecule has 1 fully saturated rings. The Balaban J connectivity index is 1.97. The Bertz CT molecular complexity index is 311. The Labute approximate surface area is 90.6 Å². The minimum absolute atomic E-state index is 0.554. The predicted octanol–water partition coefficient (Wildman–Crippen LogP) is 0.587. The maximum Gasteiger partial charge on any atom is 0.0628 e. The molecule has 1 aliphatic heterocycles. The Kier molecular flexibility index (Phi) is 3.38. The van der Waals surface area contributed by atoms with Crippen molar-refractivity contribution in [1.82, 2.24) is 15.1 Å². The summed E-state index contributed by atoms with van der Waals surface area (Å²) in [6.45, 7) is 1.73. The van der Waals surface area contributed by atoms with Crippen LogP contribution < -0.4 is 5.32 Å². The summed E-state index contributed by atoms with van der Waals surface area (Å²) < 4.78 is 7.37. The fourth-order valence-electron chi connectivity index (χ4n) is 2.22. The van der Waals surface area contributed by atoms with E-state index in [1.807, 2.05) is 25.0 Å². The molecule has 0 spiro atoms. The number of aromatic nitrogens is 2. The summed E-state index contributed by atoms with van der Waals surface area (Å²) in [5.74, 6) is 0.554. The van der Waals surface area contributed by atoms with Gasteiger partial charge in [-0.1, -0.05) is 0 Å². The summed E-state index contributed by atoms with van der Waals surface area (Å²) in [5.41, 5.74) is 1.16. The molecule has 1 aromatic heterocycles. The highest BCUT2D eigenvalue weighted by Gasteiger charge is 2.25. The first kappa shape index (κ1) is 10.6. The maximum atomic E-state index is 5.52. The maximum absolute atomic E-state index is 5.52. The van der Waals surface area contributed by atoms with Gasteiger partial charge in [0.1, 0.15) is 0 Å². The third-order valence-electron chi connectivity index (χ3n) is 3.09. The second-order valence-electron chi connectivity index (χ2n) is 4.20. The Morgan fingerprint density at radius 2 is 2.53 bits per heavy atom. The SMILES string of the molecule is CNC1CCOCC1Cc1ccn(C)n1. The third kappa shape index (κ3) is 2.58. The molecule has 1 N–H and O–H groups in total. The van der Waals surface area contributed by atoms with Gasteiger partial charge >= 0.3 is 0 Å². The Morgan fingerprint density at radius 3 is 3.20 bits per heavy atom. The lowest BCUT2D eigenvalue weighted by atomic mass is 9.91. The highest BCUT2D eigenvalue weighted by atomic mass is 16.5. The van der Waals surface area contributed by atoms with Crippen LogP contribution in [0.1, 0.15) is 12.1 Å². The molecular weight excluding hydrogens is 190 g/mol. The summed E-state index contributed by atoms with van der Waals surface area (Å²) in [6.07, 6.45) is 4.10. The summed E-state index contributed by atoms with van der Waals surface area (Å²) in [7, 11) is 3.98. The van der Waals surface area contributed by atoms with E-state index in [1.54, 1.807) is 0 Å². The molecule has 4 heteroatoms. The monoisotopic (exact) mass is 209 g/mol. The van der Waals surface area contributed by atoms with Crippen molar-refractivity contribution < 1.29 is 4.74 Å². The highest BCUT2D eigenvalue weighted by Crippen LogP contribution is 2.18. The normalized spacial score (nSPS) is 26.8. The summed E-state index contributed by atoms with van der Waals surface area (Å²) in [4.78, 5) is 0. The molecule has 15 heavy (non-hydrogen) atoms. The predicted molar refractivity (Wildman–Crippen MR) is 58.7 cm³/mol. The topological polar surface area (TPSA) is 39.1 Å². The van der Waals surface area contributed by atoms with Crippen molar-refractivity contribution in [2.75, 3.05) is 20.3 Å². The van der Waals surface area contributed by atoms with E-state index in [4.69, 9.17) is 4.74 Å². The molecule has 0 radical (unpaired) electrons. The van der Waals surface area contributed by atoms with E-state index in [0.717, 1.165) is 31.7 Å². The van der Waals surface area contributed by atoms with Gasteiger partial charge in [-0.2, -0.15) is 5.10 Å². The largest absolute Gasteiger partial charge is 0.381 e. The quantitative estimate of drug-likeness (QED) is 0.792. The van der Waals surface area contributed by atoms with E-state index in [9.17, 15) is 0 Å². The van der Waals surface area contributed by atoms with Gasteiger partial charge in [-0.05, 0) is 26.0 Å². The smallest absolute Gasteiger partial charge is 0.0628 e. The van der Waals surface area contributed by atoms with Gasteiger partial charge in [0.15, 0.2) is 0 Å². The van der Waals surface area contributed by atoms with E-state index in [0.29, 0.717) is 12.0 Å². The number of nitrogens with one attached hydrogen (secondary N) is 1. The first-order valence-corrected chi connectivity index (χ1v) is 5.53. The molecule has 2 rings (SSSR count). The van der Waals surface area contributed by atoms with Crippen molar-refractivity contribution >= 4 is 0 Å². The lowest BCUT2D eigenvalue weighted by Gasteiger charge is -2.30. The minimum atomic E-state index is 0.554. The molecule has 1 aliphatic rings. The standard InChI is InChI=1S/C11H19N3O/c1-12-11-4-6-15-8-9(11)7-10-3-5-14(2)13-10/h3,5,9,11-12H,4,6-8H2,1-2H3. The van der Waals surface area contributed by atoms with E-state index in [-0.39, 0.29) is 0 Å². The first-order chi connectivity index (χ1) is 7.29. The second-order valence-corrected chi connectivity index (χ2v) is 4.20. The van der Waals surface area contributed by atoms with Gasteiger partial charge in [-0.15, -0.1) is 0 Å². The van der Waals surface area contributed by atoms with Gasteiger partial charge < -0.3 is 10.1 Å². The van der Waals surface area contributed by atoms with Crippen LogP contribution in [0.4, 0.5) is 0 Å². The van der Waals surface area contributed by atoms with Gasteiger partial charge in [-0.25, -0.2) is 0 Å². The number of rotatable bonds is 3. The summed E-state index contributed by atoms with van der Waals surface area (Å²) in [5, 5.41) is 7.77. The number of hydrogen-bond acceptors (Lipinski definition) is 3. The molecule has 2 unspecified atom stereocenters. The molecule has 0 saturated carbocycles. The van der Waals surface area contributed by atoms with Crippen molar-refractivity contribution in [3.8, 4) is 0 Å². The van der Waals surface area contributed by atoms with Crippen molar-refractivity contribution in [3.05, 3.63) is 18.0 Å². The van der Waals surface area contributed by atoms with Gasteiger partial charge in [-0.3, -0.25) is 4.68 Å². The van der Waals surface area contributed by atoms with Crippen LogP contribution in [0.2, 0.25) is 0 Å². The van der Waals surface area contributed by atoms with E-state index in [2.05, 4.69) is 16.5 Å². The molecule has 0 aliphatic carbocycles. The van der Waals surface area contributed by atoms with Crippen LogP contribution in [0.25, 0.3) is 0 Å². The number of aryl methyl sites for hydroxylation is 1. The number of nitrogens with zero attached hydrogens (tertiary/aromatic N) is 2. The second kappa shape index (κ2) is 4.77. The molecular formula is C11H19N3O. The fraction of sp³-hybridized carbons (Fsp3) is 0.727. The zero-order valence-corrected chi connectivity index (χ0v) is 9.44.